The van der Waals surface area contributed by atoms with Crippen LogP contribution in [0.3, 0.4) is 0 Å². The fraction of sp³-hybridized carbons (Fsp3) is 0.857. The van der Waals surface area contributed by atoms with Crippen LogP contribution in [0.4, 0.5) is 0 Å². The number of nitrogens with two attached hydrogens (primary N) is 1. The van der Waals surface area contributed by atoms with Gasteiger partial charge in [-0.25, -0.2) is 0 Å². The van der Waals surface area contributed by atoms with E-state index >= 15 is 0 Å². The topological polar surface area (TPSA) is 63.8 Å². The summed E-state index contributed by atoms with van der Waals surface area (Å²) in [6.45, 7) is 8.90. The molecule has 0 radical (unpaired) electrons. The van der Waals surface area contributed by atoms with Gasteiger partial charge in [-0.15, -0.1) is 5.10 Å². The summed E-state index contributed by atoms with van der Waals surface area (Å²) in [6, 6.07) is 0.210. The van der Waals surface area contributed by atoms with Crippen LogP contribution in [0.5, 0.6) is 0 Å². The zero-order valence-electron chi connectivity index (χ0n) is 12.4. The van der Waals surface area contributed by atoms with E-state index in [4.69, 9.17) is 5.84 Å². The van der Waals surface area contributed by atoms with Gasteiger partial charge in [0.15, 0.2) is 0 Å². The van der Waals surface area contributed by atoms with E-state index < -0.39 is 0 Å². The Morgan fingerprint density at radius 3 is 2.42 bits per heavy atom. The van der Waals surface area contributed by atoms with Gasteiger partial charge in [-0.2, -0.15) is 0 Å². The lowest BCUT2D eigenvalue weighted by atomic mass is 9.77. The van der Waals surface area contributed by atoms with E-state index in [1.54, 1.807) is 0 Å². The van der Waals surface area contributed by atoms with E-state index in [1.807, 2.05) is 0 Å². The highest BCUT2D eigenvalue weighted by molar-refractivity contribution is 7.05. The molecule has 0 saturated heterocycles. The maximum absolute atomic E-state index is 5.84. The number of rotatable bonds is 3. The lowest BCUT2D eigenvalue weighted by Gasteiger charge is -2.32. The highest BCUT2D eigenvalue weighted by Gasteiger charge is 2.33. The van der Waals surface area contributed by atoms with E-state index in [0.29, 0.717) is 5.92 Å². The molecule has 1 heterocycles. The predicted octanol–water partition coefficient (Wildman–Crippen LogP) is 3.17. The zero-order valence-corrected chi connectivity index (χ0v) is 13.3. The zero-order chi connectivity index (χ0) is 14.0. The van der Waals surface area contributed by atoms with Crippen molar-refractivity contribution in [1.82, 2.24) is 15.0 Å². The molecule has 0 amide bonds. The highest BCUT2D eigenvalue weighted by atomic mass is 32.1. The van der Waals surface area contributed by atoms with Crippen LogP contribution in [-0.4, -0.2) is 9.59 Å². The summed E-state index contributed by atoms with van der Waals surface area (Å²) in [5, 5.41) is 4.34. The van der Waals surface area contributed by atoms with Crippen LogP contribution >= 0.6 is 11.5 Å². The summed E-state index contributed by atoms with van der Waals surface area (Å²) in [4.78, 5) is 1.23. The minimum atomic E-state index is 0.0272. The lowest BCUT2D eigenvalue weighted by Crippen LogP contribution is -2.36. The number of aromatic nitrogens is 2. The molecule has 1 aromatic heterocycles. The first-order chi connectivity index (χ1) is 8.93. The van der Waals surface area contributed by atoms with Crippen molar-refractivity contribution < 1.29 is 0 Å². The molecule has 1 aliphatic rings. The molecule has 1 atom stereocenters. The molecule has 3 N–H and O–H groups in total. The van der Waals surface area contributed by atoms with Crippen molar-refractivity contribution >= 4 is 11.5 Å². The monoisotopic (exact) mass is 282 g/mol. The van der Waals surface area contributed by atoms with Gasteiger partial charge in [-0.1, -0.05) is 45.0 Å². The van der Waals surface area contributed by atoms with Gasteiger partial charge in [0.25, 0.3) is 0 Å². The highest BCUT2D eigenvalue weighted by Crippen LogP contribution is 2.40. The summed E-state index contributed by atoms with van der Waals surface area (Å²) in [6.07, 6.45) is 5.11. The molecule has 1 saturated carbocycles. The smallest absolute Gasteiger partial charge is 0.0857 e. The van der Waals surface area contributed by atoms with Crippen LogP contribution in [0, 0.1) is 11.8 Å². The van der Waals surface area contributed by atoms with Crippen molar-refractivity contribution in [3.05, 3.63) is 10.6 Å². The number of hydrogen-bond acceptors (Lipinski definition) is 5. The second-order valence-corrected chi connectivity index (χ2v) is 7.69. The van der Waals surface area contributed by atoms with Crippen molar-refractivity contribution in [2.24, 2.45) is 17.7 Å². The van der Waals surface area contributed by atoms with Crippen LogP contribution in [0.15, 0.2) is 0 Å². The molecule has 0 spiro atoms. The number of nitrogens with zero attached hydrogens (tertiary/aromatic N) is 2. The van der Waals surface area contributed by atoms with E-state index in [9.17, 15) is 0 Å². The van der Waals surface area contributed by atoms with Gasteiger partial charge in [-0.3, -0.25) is 11.3 Å². The molecule has 0 aliphatic heterocycles. The first-order valence-electron chi connectivity index (χ1n) is 7.22. The average Bonchev–Trinajstić information content (AvgIpc) is 2.81. The molecule has 4 nitrogen and oxygen atoms in total. The quantitative estimate of drug-likeness (QED) is 0.660. The van der Waals surface area contributed by atoms with Crippen LogP contribution in [0.1, 0.15) is 70.0 Å². The first kappa shape index (κ1) is 14.9. The third-order valence-electron chi connectivity index (χ3n) is 4.22. The molecule has 1 aromatic rings. The minimum Gasteiger partial charge on any atom is -0.271 e. The Hall–Kier alpha value is -0.520. The molecule has 5 heteroatoms. The van der Waals surface area contributed by atoms with Crippen LogP contribution in [-0.2, 0) is 5.41 Å². The predicted molar refractivity (Wildman–Crippen MR) is 79.8 cm³/mol. The lowest BCUT2D eigenvalue weighted by molar-refractivity contribution is 0.233. The fourth-order valence-electron chi connectivity index (χ4n) is 2.97. The second-order valence-electron chi connectivity index (χ2n) is 6.90. The number of hydrazine groups is 1. The largest absolute Gasteiger partial charge is 0.271 e. The SMILES string of the molecule is CC1CCC(C(NN)c2snnc2C(C)(C)C)CC1. The van der Waals surface area contributed by atoms with Gasteiger partial charge >= 0.3 is 0 Å². The summed E-state index contributed by atoms with van der Waals surface area (Å²) in [7, 11) is 0. The Balaban J connectivity index is 2.20. The molecule has 0 aromatic carbocycles. The Bertz CT molecular complexity index is 402. The maximum atomic E-state index is 5.84. The van der Waals surface area contributed by atoms with E-state index in [0.717, 1.165) is 11.6 Å². The molecule has 108 valence electrons. The summed E-state index contributed by atoms with van der Waals surface area (Å²) >= 11 is 1.50. The molecule has 19 heavy (non-hydrogen) atoms. The minimum absolute atomic E-state index is 0.0272. The molecule has 1 unspecified atom stereocenters. The third-order valence-corrected chi connectivity index (χ3v) is 5.03. The van der Waals surface area contributed by atoms with Gasteiger partial charge in [-0.05, 0) is 36.2 Å². The van der Waals surface area contributed by atoms with Crippen LogP contribution in [0.2, 0.25) is 0 Å². The number of hydrogen-bond donors (Lipinski definition) is 2. The van der Waals surface area contributed by atoms with Crippen molar-refractivity contribution in [2.45, 2.75) is 64.8 Å². The van der Waals surface area contributed by atoms with Gasteiger partial charge in [0.2, 0.25) is 0 Å². The van der Waals surface area contributed by atoms with Crippen LogP contribution in [0.25, 0.3) is 0 Å². The van der Waals surface area contributed by atoms with Crippen molar-refractivity contribution in [1.29, 1.82) is 0 Å². The second kappa shape index (κ2) is 5.85. The molecule has 1 aliphatic carbocycles. The summed E-state index contributed by atoms with van der Waals surface area (Å²) < 4.78 is 4.16. The van der Waals surface area contributed by atoms with Crippen molar-refractivity contribution in [3.63, 3.8) is 0 Å². The number of nitrogens with one attached hydrogen (secondary N) is 1. The summed E-state index contributed by atoms with van der Waals surface area (Å²) in [5.41, 5.74) is 4.16. The van der Waals surface area contributed by atoms with Gasteiger partial charge < -0.3 is 0 Å². The molecule has 0 bridgehead atoms. The molecular formula is C14H26N4S. The van der Waals surface area contributed by atoms with E-state index in [1.165, 1.54) is 42.1 Å². The molecule has 2 rings (SSSR count). The third kappa shape index (κ3) is 3.33. The Kier molecular flexibility index (Phi) is 4.58. The molecule has 1 fully saturated rings. The normalized spacial score (nSPS) is 26.4. The van der Waals surface area contributed by atoms with E-state index in [2.05, 4.69) is 42.7 Å². The van der Waals surface area contributed by atoms with Gasteiger partial charge in [0.1, 0.15) is 0 Å². The van der Waals surface area contributed by atoms with Gasteiger partial charge in [0, 0.05) is 5.41 Å². The van der Waals surface area contributed by atoms with E-state index in [-0.39, 0.29) is 11.5 Å². The first-order valence-corrected chi connectivity index (χ1v) is 7.99. The summed E-state index contributed by atoms with van der Waals surface area (Å²) in [5.74, 6) is 7.32. The van der Waals surface area contributed by atoms with Crippen molar-refractivity contribution in [2.75, 3.05) is 0 Å². The fourth-order valence-corrected chi connectivity index (χ4v) is 3.98. The van der Waals surface area contributed by atoms with Crippen molar-refractivity contribution in [3.8, 4) is 0 Å². The Morgan fingerprint density at radius 1 is 1.26 bits per heavy atom. The Labute approximate surface area is 120 Å². The Morgan fingerprint density at radius 2 is 1.89 bits per heavy atom. The van der Waals surface area contributed by atoms with Crippen LogP contribution < -0.4 is 11.3 Å². The standard InChI is InChI=1S/C14H26N4S/c1-9-5-7-10(8-6-9)11(16-15)12-13(14(2,3)4)17-18-19-12/h9-11,16H,5-8,15H2,1-4H3. The molecular weight excluding hydrogens is 256 g/mol. The maximum Gasteiger partial charge on any atom is 0.0857 e. The average molecular weight is 282 g/mol. The van der Waals surface area contributed by atoms with Gasteiger partial charge in [0.05, 0.1) is 16.6 Å².